The first-order valence-electron chi connectivity index (χ1n) is 9.36. The number of aryl methyl sites for hydroxylation is 1. The van der Waals surface area contributed by atoms with Gasteiger partial charge in [-0.3, -0.25) is 4.98 Å². The molecule has 0 fully saturated rings. The molecule has 0 spiro atoms. The summed E-state index contributed by atoms with van der Waals surface area (Å²) in [6.45, 7) is 6.69. The molecule has 0 bridgehead atoms. The van der Waals surface area contributed by atoms with E-state index in [-0.39, 0.29) is 5.97 Å². The van der Waals surface area contributed by atoms with E-state index >= 15 is 0 Å². The Kier molecular flexibility index (Phi) is 6.09. The number of ether oxygens (including phenoxy) is 2. The van der Waals surface area contributed by atoms with Gasteiger partial charge in [-0.2, -0.15) is 0 Å². The van der Waals surface area contributed by atoms with Gasteiger partial charge in [-0.1, -0.05) is 50.2 Å². The molecule has 0 unspecified atom stereocenters. The van der Waals surface area contributed by atoms with E-state index in [0.717, 1.165) is 33.7 Å². The molecule has 0 aliphatic heterocycles. The summed E-state index contributed by atoms with van der Waals surface area (Å²) in [5.41, 5.74) is 5.40. The maximum Gasteiger partial charge on any atom is 0.338 e. The zero-order chi connectivity index (χ0) is 20.1. The van der Waals surface area contributed by atoms with Crippen molar-refractivity contribution in [1.82, 2.24) is 4.98 Å². The molecular weight excluding hydrogens is 350 g/mol. The first-order chi connectivity index (χ1) is 13.5. The van der Waals surface area contributed by atoms with Crippen molar-refractivity contribution in [2.45, 2.75) is 33.3 Å². The van der Waals surface area contributed by atoms with E-state index in [2.05, 4.69) is 24.9 Å². The molecule has 3 rings (SSSR count). The predicted molar refractivity (Wildman–Crippen MR) is 111 cm³/mol. The summed E-state index contributed by atoms with van der Waals surface area (Å²) in [6, 6.07) is 17.5. The molecule has 0 atom stereocenters. The molecule has 1 heterocycles. The Morgan fingerprint density at radius 2 is 1.86 bits per heavy atom. The third-order valence-electron chi connectivity index (χ3n) is 4.76. The number of carbonyl (C=O) groups is 1. The van der Waals surface area contributed by atoms with Gasteiger partial charge in [0.25, 0.3) is 0 Å². The fourth-order valence-electron chi connectivity index (χ4n) is 3.14. The maximum absolute atomic E-state index is 12.2. The molecule has 4 heteroatoms. The molecule has 0 aliphatic rings. The molecule has 0 amide bonds. The highest BCUT2D eigenvalue weighted by molar-refractivity contribution is 5.97. The highest BCUT2D eigenvalue weighted by Crippen LogP contribution is 2.34. The summed E-state index contributed by atoms with van der Waals surface area (Å²) in [7, 11) is 1.39. The minimum atomic E-state index is -0.352. The second kappa shape index (κ2) is 8.70. The summed E-state index contributed by atoms with van der Waals surface area (Å²) in [6.07, 6.45) is 1.78. The highest BCUT2D eigenvalue weighted by Gasteiger charge is 2.16. The van der Waals surface area contributed by atoms with Crippen molar-refractivity contribution in [2.75, 3.05) is 7.11 Å². The molecular formula is C24H25NO3. The number of aromatic nitrogens is 1. The van der Waals surface area contributed by atoms with E-state index in [0.29, 0.717) is 18.1 Å². The summed E-state index contributed by atoms with van der Waals surface area (Å²) in [4.78, 5) is 16.6. The summed E-state index contributed by atoms with van der Waals surface area (Å²) in [5.74, 6) is 0.761. The number of esters is 1. The van der Waals surface area contributed by atoms with E-state index in [1.165, 1.54) is 7.11 Å². The molecule has 144 valence electrons. The summed E-state index contributed by atoms with van der Waals surface area (Å²) < 4.78 is 11.1. The highest BCUT2D eigenvalue weighted by atomic mass is 16.5. The van der Waals surface area contributed by atoms with Gasteiger partial charge in [0.2, 0.25) is 0 Å². The van der Waals surface area contributed by atoms with Gasteiger partial charge in [-0.05, 0) is 53.3 Å². The Hall–Kier alpha value is -3.14. The monoisotopic (exact) mass is 375 g/mol. The Bertz CT molecular complexity index is 979. The third-order valence-corrected chi connectivity index (χ3v) is 4.76. The number of nitrogens with zero attached hydrogens (tertiary/aromatic N) is 1. The fourth-order valence-corrected chi connectivity index (χ4v) is 3.14. The summed E-state index contributed by atoms with van der Waals surface area (Å²) in [5, 5.41) is 0. The van der Waals surface area contributed by atoms with Crippen molar-refractivity contribution in [2.24, 2.45) is 0 Å². The molecule has 3 aromatic rings. The van der Waals surface area contributed by atoms with Crippen LogP contribution in [0.3, 0.4) is 0 Å². The average Bonchev–Trinajstić information content (AvgIpc) is 2.72. The Morgan fingerprint density at radius 1 is 1.07 bits per heavy atom. The predicted octanol–water partition coefficient (Wildman–Crippen LogP) is 5.55. The number of hydrogen-bond acceptors (Lipinski definition) is 4. The van der Waals surface area contributed by atoms with Gasteiger partial charge in [0.05, 0.1) is 18.4 Å². The van der Waals surface area contributed by atoms with Gasteiger partial charge in [0.1, 0.15) is 12.4 Å². The van der Waals surface area contributed by atoms with Gasteiger partial charge in [0.15, 0.2) is 0 Å². The molecule has 4 nitrogen and oxygen atoms in total. The lowest BCUT2D eigenvalue weighted by Crippen LogP contribution is -2.05. The second-order valence-corrected chi connectivity index (χ2v) is 7.00. The first kappa shape index (κ1) is 19.6. The fraction of sp³-hybridized carbons (Fsp3) is 0.250. The third kappa shape index (κ3) is 4.22. The van der Waals surface area contributed by atoms with Crippen LogP contribution in [0.1, 0.15) is 46.9 Å². The van der Waals surface area contributed by atoms with Gasteiger partial charge < -0.3 is 9.47 Å². The average molecular weight is 375 g/mol. The number of methoxy groups -OCH3 is 1. The van der Waals surface area contributed by atoms with Crippen LogP contribution in [-0.4, -0.2) is 18.1 Å². The standard InChI is InChI=1S/C24H25NO3/c1-16(2)19-12-11-18(20-9-5-6-10-21(20)24(26)27-4)14-23(19)28-15-22-17(3)8-7-13-25-22/h5-14,16H,15H2,1-4H3. The van der Waals surface area contributed by atoms with Crippen molar-refractivity contribution in [3.63, 3.8) is 0 Å². The van der Waals surface area contributed by atoms with Crippen LogP contribution in [-0.2, 0) is 11.3 Å². The number of hydrogen-bond donors (Lipinski definition) is 0. The van der Waals surface area contributed by atoms with Crippen LogP contribution in [0, 0.1) is 6.92 Å². The van der Waals surface area contributed by atoms with E-state index in [1.54, 1.807) is 12.3 Å². The van der Waals surface area contributed by atoms with E-state index in [4.69, 9.17) is 9.47 Å². The molecule has 0 N–H and O–H groups in total. The van der Waals surface area contributed by atoms with E-state index < -0.39 is 0 Å². The lowest BCUT2D eigenvalue weighted by Gasteiger charge is -2.17. The zero-order valence-corrected chi connectivity index (χ0v) is 16.7. The maximum atomic E-state index is 12.2. The smallest absolute Gasteiger partial charge is 0.338 e. The minimum absolute atomic E-state index is 0.310. The number of benzene rings is 2. The topological polar surface area (TPSA) is 48.4 Å². The number of carbonyl (C=O) groups excluding carboxylic acids is 1. The summed E-state index contributed by atoms with van der Waals surface area (Å²) >= 11 is 0. The molecule has 0 saturated heterocycles. The lowest BCUT2D eigenvalue weighted by atomic mass is 9.95. The first-order valence-corrected chi connectivity index (χ1v) is 9.36. The molecule has 0 saturated carbocycles. The van der Waals surface area contributed by atoms with Crippen molar-refractivity contribution < 1.29 is 14.3 Å². The SMILES string of the molecule is COC(=O)c1ccccc1-c1ccc(C(C)C)c(OCc2ncccc2C)c1. The Labute approximate surface area is 166 Å². The van der Waals surface area contributed by atoms with Crippen LogP contribution in [0.2, 0.25) is 0 Å². The molecule has 0 aliphatic carbocycles. The number of pyridine rings is 1. The molecule has 2 aromatic carbocycles. The van der Waals surface area contributed by atoms with Crippen molar-refractivity contribution in [1.29, 1.82) is 0 Å². The van der Waals surface area contributed by atoms with E-state index in [1.807, 2.05) is 49.4 Å². The second-order valence-electron chi connectivity index (χ2n) is 7.00. The zero-order valence-electron chi connectivity index (χ0n) is 16.7. The van der Waals surface area contributed by atoms with Gasteiger partial charge in [0, 0.05) is 6.20 Å². The van der Waals surface area contributed by atoms with Crippen LogP contribution < -0.4 is 4.74 Å². The van der Waals surface area contributed by atoms with Crippen LogP contribution in [0.25, 0.3) is 11.1 Å². The Morgan fingerprint density at radius 3 is 2.57 bits per heavy atom. The quantitative estimate of drug-likeness (QED) is 0.530. The minimum Gasteiger partial charge on any atom is -0.487 e. The van der Waals surface area contributed by atoms with Crippen LogP contribution >= 0.6 is 0 Å². The molecule has 1 aromatic heterocycles. The van der Waals surface area contributed by atoms with Crippen LogP contribution in [0.5, 0.6) is 5.75 Å². The Balaban J connectivity index is 1.99. The largest absolute Gasteiger partial charge is 0.487 e. The van der Waals surface area contributed by atoms with Crippen molar-refractivity contribution in [3.05, 3.63) is 83.2 Å². The van der Waals surface area contributed by atoms with Crippen molar-refractivity contribution >= 4 is 5.97 Å². The lowest BCUT2D eigenvalue weighted by molar-refractivity contribution is 0.0601. The van der Waals surface area contributed by atoms with Crippen LogP contribution in [0.15, 0.2) is 60.8 Å². The van der Waals surface area contributed by atoms with Gasteiger partial charge in [-0.25, -0.2) is 4.79 Å². The molecule has 28 heavy (non-hydrogen) atoms. The van der Waals surface area contributed by atoms with Gasteiger partial charge in [-0.15, -0.1) is 0 Å². The van der Waals surface area contributed by atoms with E-state index in [9.17, 15) is 4.79 Å². The number of rotatable bonds is 6. The molecule has 0 radical (unpaired) electrons. The van der Waals surface area contributed by atoms with Crippen molar-refractivity contribution in [3.8, 4) is 16.9 Å². The normalized spacial score (nSPS) is 10.8. The van der Waals surface area contributed by atoms with Gasteiger partial charge >= 0.3 is 5.97 Å². The van der Waals surface area contributed by atoms with Crippen LogP contribution in [0.4, 0.5) is 0 Å².